The van der Waals surface area contributed by atoms with Crippen molar-refractivity contribution in [2.45, 2.75) is 19.4 Å². The average Bonchev–Trinajstić information content (AvgIpc) is 2.45. The second kappa shape index (κ2) is 6.56. The Morgan fingerprint density at radius 1 is 1.40 bits per heavy atom. The molecule has 2 rings (SSSR count). The van der Waals surface area contributed by atoms with Gasteiger partial charge in [0.2, 0.25) is 0 Å². The number of anilines is 1. The van der Waals surface area contributed by atoms with Crippen LogP contribution in [0.1, 0.15) is 12.1 Å². The third kappa shape index (κ3) is 3.19. The molecule has 1 atom stereocenters. The Bertz CT molecular complexity index is 618. The number of fused-ring (bicyclic) bond motifs is 1. The number of aliphatic carboxylic acids is 1. The summed E-state index contributed by atoms with van der Waals surface area (Å²) in [4.78, 5) is 11.3. The van der Waals surface area contributed by atoms with E-state index >= 15 is 0 Å². The normalized spacial score (nSPS) is 12.3. The largest absolute Gasteiger partial charge is 0.480 e. The lowest BCUT2D eigenvalue weighted by Crippen LogP contribution is -2.30. The molecule has 0 radical (unpaired) electrons. The monoisotopic (exact) mass is 291 g/mol. The van der Waals surface area contributed by atoms with E-state index in [1.54, 1.807) is 11.8 Å². The summed E-state index contributed by atoms with van der Waals surface area (Å²) < 4.78 is 0. The summed E-state index contributed by atoms with van der Waals surface area (Å²) in [6, 6.07) is 6.97. The Morgan fingerprint density at radius 2 is 2.15 bits per heavy atom. The standard InChI is InChI=1S/C14H17N3O2S/c1-9-13(15-12(14(18)19)7-8-20-2)10-5-3-4-6-11(10)17-16-9/h3-6,12H,7-8H2,1-2H3,(H,15,17)(H,18,19). The fourth-order valence-corrected chi connectivity index (χ4v) is 2.47. The van der Waals surface area contributed by atoms with E-state index in [-0.39, 0.29) is 0 Å². The maximum atomic E-state index is 11.3. The van der Waals surface area contributed by atoms with Gasteiger partial charge in [-0.15, -0.1) is 0 Å². The van der Waals surface area contributed by atoms with E-state index in [0.717, 1.165) is 22.3 Å². The molecule has 1 aromatic heterocycles. The van der Waals surface area contributed by atoms with E-state index in [1.165, 1.54) is 0 Å². The number of carboxylic acids is 1. The maximum absolute atomic E-state index is 11.3. The molecule has 0 spiro atoms. The van der Waals surface area contributed by atoms with Crippen LogP contribution < -0.4 is 5.32 Å². The van der Waals surface area contributed by atoms with Crippen molar-refractivity contribution >= 4 is 34.3 Å². The Hall–Kier alpha value is -1.82. The summed E-state index contributed by atoms with van der Waals surface area (Å²) in [5, 5.41) is 21.5. The van der Waals surface area contributed by atoms with Gasteiger partial charge < -0.3 is 10.4 Å². The zero-order valence-electron chi connectivity index (χ0n) is 11.5. The van der Waals surface area contributed by atoms with Crippen molar-refractivity contribution in [3.63, 3.8) is 0 Å². The molecule has 5 nitrogen and oxygen atoms in total. The van der Waals surface area contributed by atoms with Crippen LogP contribution in [0.15, 0.2) is 24.3 Å². The molecular formula is C14H17N3O2S. The summed E-state index contributed by atoms with van der Waals surface area (Å²) in [5.74, 6) is -0.0567. The van der Waals surface area contributed by atoms with Crippen molar-refractivity contribution in [3.8, 4) is 0 Å². The van der Waals surface area contributed by atoms with Crippen molar-refractivity contribution in [2.24, 2.45) is 0 Å². The first kappa shape index (κ1) is 14.6. The SMILES string of the molecule is CSCCC(Nc1c(C)nnc2ccccc12)C(=O)O. The highest BCUT2D eigenvalue weighted by Crippen LogP contribution is 2.25. The lowest BCUT2D eigenvalue weighted by atomic mass is 10.1. The number of carbonyl (C=O) groups is 1. The molecule has 2 N–H and O–H groups in total. The lowest BCUT2D eigenvalue weighted by Gasteiger charge is -2.17. The van der Waals surface area contributed by atoms with Crippen LogP contribution in [0.4, 0.5) is 5.69 Å². The predicted molar refractivity (Wildman–Crippen MR) is 82.3 cm³/mol. The summed E-state index contributed by atoms with van der Waals surface area (Å²) in [6.45, 7) is 1.83. The molecule has 20 heavy (non-hydrogen) atoms. The van der Waals surface area contributed by atoms with E-state index in [4.69, 9.17) is 0 Å². The first-order valence-electron chi connectivity index (χ1n) is 6.33. The molecule has 0 bridgehead atoms. The van der Waals surface area contributed by atoms with E-state index in [2.05, 4.69) is 15.5 Å². The Balaban J connectivity index is 2.36. The number of hydrogen-bond acceptors (Lipinski definition) is 5. The molecule has 0 aliphatic rings. The minimum absolute atomic E-state index is 0.562. The highest BCUT2D eigenvalue weighted by molar-refractivity contribution is 7.98. The Morgan fingerprint density at radius 3 is 2.85 bits per heavy atom. The average molecular weight is 291 g/mol. The highest BCUT2D eigenvalue weighted by Gasteiger charge is 2.19. The molecule has 1 aromatic carbocycles. The molecule has 0 amide bonds. The highest BCUT2D eigenvalue weighted by atomic mass is 32.2. The summed E-state index contributed by atoms with van der Waals surface area (Å²) >= 11 is 1.63. The fraction of sp³-hybridized carbons (Fsp3) is 0.357. The number of thioether (sulfide) groups is 1. The number of carboxylic acid groups (broad SMARTS) is 1. The molecule has 0 saturated carbocycles. The number of nitrogens with zero attached hydrogens (tertiary/aromatic N) is 2. The molecule has 6 heteroatoms. The van der Waals surface area contributed by atoms with Crippen molar-refractivity contribution < 1.29 is 9.90 Å². The van der Waals surface area contributed by atoms with Gasteiger partial charge in [-0.1, -0.05) is 18.2 Å². The summed E-state index contributed by atoms with van der Waals surface area (Å²) in [5.41, 5.74) is 2.22. The van der Waals surface area contributed by atoms with Gasteiger partial charge in [0.1, 0.15) is 6.04 Å². The van der Waals surface area contributed by atoms with Crippen LogP contribution in [-0.4, -0.2) is 39.3 Å². The summed E-state index contributed by atoms with van der Waals surface area (Å²) in [6.07, 6.45) is 2.53. The van der Waals surface area contributed by atoms with Gasteiger partial charge in [-0.25, -0.2) is 4.79 Å². The van der Waals surface area contributed by atoms with Gasteiger partial charge in [-0.2, -0.15) is 22.0 Å². The number of rotatable bonds is 6. The van der Waals surface area contributed by atoms with E-state index in [1.807, 2.05) is 37.4 Å². The lowest BCUT2D eigenvalue weighted by molar-refractivity contribution is -0.137. The van der Waals surface area contributed by atoms with Crippen LogP contribution >= 0.6 is 11.8 Å². The van der Waals surface area contributed by atoms with Crippen molar-refractivity contribution in [3.05, 3.63) is 30.0 Å². The molecule has 1 heterocycles. The van der Waals surface area contributed by atoms with Crippen LogP contribution in [-0.2, 0) is 4.79 Å². The second-order valence-electron chi connectivity index (χ2n) is 4.49. The number of aryl methyl sites for hydroxylation is 1. The maximum Gasteiger partial charge on any atom is 0.326 e. The van der Waals surface area contributed by atoms with Crippen molar-refractivity contribution in [2.75, 3.05) is 17.3 Å². The van der Waals surface area contributed by atoms with Crippen molar-refractivity contribution in [1.82, 2.24) is 10.2 Å². The van der Waals surface area contributed by atoms with Gasteiger partial charge >= 0.3 is 5.97 Å². The predicted octanol–water partition coefficient (Wildman–Crippen LogP) is 2.56. The molecule has 0 aliphatic carbocycles. The van der Waals surface area contributed by atoms with Crippen LogP contribution in [0.25, 0.3) is 10.9 Å². The van der Waals surface area contributed by atoms with Crippen LogP contribution in [0.5, 0.6) is 0 Å². The van der Waals surface area contributed by atoms with Gasteiger partial charge in [-0.3, -0.25) is 0 Å². The van der Waals surface area contributed by atoms with Crippen LogP contribution in [0.3, 0.4) is 0 Å². The van der Waals surface area contributed by atoms with E-state index in [9.17, 15) is 9.90 Å². The topological polar surface area (TPSA) is 75.1 Å². The van der Waals surface area contributed by atoms with Crippen LogP contribution in [0, 0.1) is 6.92 Å². The van der Waals surface area contributed by atoms with Gasteiger partial charge in [0.05, 0.1) is 16.9 Å². The molecule has 0 aliphatic heterocycles. The van der Waals surface area contributed by atoms with Crippen LogP contribution in [0.2, 0.25) is 0 Å². The fourth-order valence-electron chi connectivity index (χ4n) is 2.00. The molecule has 106 valence electrons. The molecule has 0 fully saturated rings. The first-order chi connectivity index (χ1) is 9.63. The molecule has 1 unspecified atom stereocenters. The number of hydrogen-bond donors (Lipinski definition) is 2. The van der Waals surface area contributed by atoms with E-state index in [0.29, 0.717) is 12.1 Å². The zero-order chi connectivity index (χ0) is 14.5. The number of benzene rings is 1. The van der Waals surface area contributed by atoms with Gasteiger partial charge in [0.15, 0.2) is 0 Å². The molecular weight excluding hydrogens is 274 g/mol. The quantitative estimate of drug-likeness (QED) is 0.852. The third-order valence-corrected chi connectivity index (χ3v) is 3.71. The second-order valence-corrected chi connectivity index (χ2v) is 5.48. The van der Waals surface area contributed by atoms with E-state index < -0.39 is 12.0 Å². The molecule has 0 saturated heterocycles. The molecule has 2 aromatic rings. The Kier molecular flexibility index (Phi) is 4.79. The van der Waals surface area contributed by atoms with Gasteiger partial charge in [0, 0.05) is 5.39 Å². The minimum atomic E-state index is -0.848. The van der Waals surface area contributed by atoms with Crippen molar-refractivity contribution in [1.29, 1.82) is 0 Å². The smallest absolute Gasteiger partial charge is 0.326 e. The summed E-state index contributed by atoms with van der Waals surface area (Å²) in [7, 11) is 0. The number of nitrogens with one attached hydrogen (secondary N) is 1. The number of aromatic nitrogens is 2. The zero-order valence-corrected chi connectivity index (χ0v) is 12.3. The van der Waals surface area contributed by atoms with Gasteiger partial charge in [-0.05, 0) is 31.4 Å². The van der Waals surface area contributed by atoms with Gasteiger partial charge in [0.25, 0.3) is 0 Å². The third-order valence-electron chi connectivity index (χ3n) is 3.07. The first-order valence-corrected chi connectivity index (χ1v) is 7.73. The minimum Gasteiger partial charge on any atom is -0.480 e. The Labute approximate surface area is 121 Å².